The monoisotopic (exact) mass is 408 g/mol. The third kappa shape index (κ3) is 4.59. The lowest BCUT2D eigenvalue weighted by Gasteiger charge is -2.09. The molecule has 0 bridgehead atoms. The molecule has 29 heavy (non-hydrogen) atoms. The number of hydrogen-bond acceptors (Lipinski definition) is 4. The van der Waals surface area contributed by atoms with Crippen LogP contribution in [-0.2, 0) is 16.6 Å². The summed E-state index contributed by atoms with van der Waals surface area (Å²) in [5.74, 6) is 0.223. The van der Waals surface area contributed by atoms with Crippen molar-refractivity contribution in [1.29, 1.82) is 0 Å². The van der Waals surface area contributed by atoms with Gasteiger partial charge in [0.05, 0.1) is 4.90 Å². The Kier molecular flexibility index (Phi) is 5.24. The van der Waals surface area contributed by atoms with Crippen molar-refractivity contribution in [3.63, 3.8) is 0 Å². The topological polar surface area (TPSA) is 68.3 Å². The standard InChI is InChI=1S/C22H17FN2O3S/c23-19-6-3-7-20(13-19)28-22-11-8-16(14-24-22)15-25-29(26,27)21-10-9-17-4-1-2-5-18(17)12-21/h1-14,25H,15H2. The predicted octanol–water partition coefficient (Wildman–Crippen LogP) is 4.64. The van der Waals surface area contributed by atoms with Gasteiger partial charge in [0.15, 0.2) is 0 Å². The first-order valence-corrected chi connectivity index (χ1v) is 10.3. The van der Waals surface area contributed by atoms with E-state index < -0.39 is 15.8 Å². The molecule has 4 aromatic rings. The highest BCUT2D eigenvalue weighted by Crippen LogP contribution is 2.21. The molecule has 7 heteroatoms. The summed E-state index contributed by atoms with van der Waals surface area (Å²) in [4.78, 5) is 4.34. The molecule has 1 aromatic heterocycles. The molecule has 0 atom stereocenters. The minimum atomic E-state index is -3.66. The molecule has 0 aliphatic heterocycles. The average molecular weight is 408 g/mol. The normalized spacial score (nSPS) is 11.5. The summed E-state index contributed by atoms with van der Waals surface area (Å²) >= 11 is 0. The molecular weight excluding hydrogens is 391 g/mol. The van der Waals surface area contributed by atoms with E-state index in [1.54, 1.807) is 42.5 Å². The van der Waals surface area contributed by atoms with Gasteiger partial charge in [0, 0.05) is 24.9 Å². The summed E-state index contributed by atoms with van der Waals surface area (Å²) in [5.41, 5.74) is 0.668. The molecule has 0 saturated carbocycles. The van der Waals surface area contributed by atoms with Crippen LogP contribution in [0.15, 0.2) is 90.0 Å². The first-order chi connectivity index (χ1) is 14.0. The lowest BCUT2D eigenvalue weighted by molar-refractivity contribution is 0.457. The molecular formula is C22H17FN2O3S. The van der Waals surface area contributed by atoms with Crippen molar-refractivity contribution in [2.75, 3.05) is 0 Å². The van der Waals surface area contributed by atoms with Gasteiger partial charge in [-0.1, -0.05) is 42.5 Å². The second-order valence-corrected chi connectivity index (χ2v) is 8.16. The van der Waals surface area contributed by atoms with Crippen LogP contribution in [0.3, 0.4) is 0 Å². The van der Waals surface area contributed by atoms with Gasteiger partial charge < -0.3 is 4.74 Å². The number of aromatic nitrogens is 1. The van der Waals surface area contributed by atoms with Gasteiger partial charge in [0.2, 0.25) is 15.9 Å². The zero-order valence-corrected chi connectivity index (χ0v) is 16.1. The van der Waals surface area contributed by atoms with Gasteiger partial charge in [0.25, 0.3) is 0 Å². The molecule has 1 heterocycles. The van der Waals surface area contributed by atoms with E-state index in [0.717, 1.165) is 10.8 Å². The molecule has 3 aromatic carbocycles. The van der Waals surface area contributed by atoms with E-state index in [2.05, 4.69) is 9.71 Å². The van der Waals surface area contributed by atoms with Crippen LogP contribution >= 0.6 is 0 Å². The number of rotatable bonds is 6. The molecule has 5 nitrogen and oxygen atoms in total. The van der Waals surface area contributed by atoms with Crippen LogP contribution in [0.2, 0.25) is 0 Å². The van der Waals surface area contributed by atoms with E-state index in [1.165, 1.54) is 18.3 Å². The Hall–Kier alpha value is -3.29. The highest BCUT2D eigenvalue weighted by Gasteiger charge is 2.14. The number of fused-ring (bicyclic) bond motifs is 1. The van der Waals surface area contributed by atoms with Crippen molar-refractivity contribution in [3.8, 4) is 11.6 Å². The lowest BCUT2D eigenvalue weighted by Crippen LogP contribution is -2.23. The Labute approximate surface area is 167 Å². The third-order valence-electron chi connectivity index (χ3n) is 4.31. The van der Waals surface area contributed by atoms with E-state index in [1.807, 2.05) is 24.3 Å². The smallest absolute Gasteiger partial charge is 0.240 e. The lowest BCUT2D eigenvalue weighted by atomic mass is 10.1. The SMILES string of the molecule is O=S(=O)(NCc1ccc(Oc2cccc(F)c2)nc1)c1ccc2ccccc2c1. The Morgan fingerprint density at radius 2 is 1.72 bits per heavy atom. The Bertz CT molecular complexity index is 1260. The first kappa shape index (κ1) is 19.0. The summed E-state index contributed by atoms with van der Waals surface area (Å²) in [7, 11) is -3.66. The second kappa shape index (κ2) is 7.98. The van der Waals surface area contributed by atoms with Gasteiger partial charge in [0.1, 0.15) is 11.6 Å². The quantitative estimate of drug-likeness (QED) is 0.504. The van der Waals surface area contributed by atoms with Crippen molar-refractivity contribution in [3.05, 3.63) is 96.4 Å². The van der Waals surface area contributed by atoms with Gasteiger partial charge in [-0.2, -0.15) is 0 Å². The van der Waals surface area contributed by atoms with E-state index in [9.17, 15) is 12.8 Å². The van der Waals surface area contributed by atoms with Crippen LogP contribution in [0.5, 0.6) is 11.6 Å². The van der Waals surface area contributed by atoms with Gasteiger partial charge in [-0.05, 0) is 40.6 Å². The van der Waals surface area contributed by atoms with E-state index in [0.29, 0.717) is 11.3 Å². The highest BCUT2D eigenvalue weighted by molar-refractivity contribution is 7.89. The van der Waals surface area contributed by atoms with Gasteiger partial charge in [-0.25, -0.2) is 22.5 Å². The second-order valence-electron chi connectivity index (χ2n) is 6.40. The van der Waals surface area contributed by atoms with Crippen molar-refractivity contribution in [2.45, 2.75) is 11.4 Å². The van der Waals surface area contributed by atoms with Crippen molar-refractivity contribution in [2.24, 2.45) is 0 Å². The van der Waals surface area contributed by atoms with Gasteiger partial charge in [-0.15, -0.1) is 0 Å². The molecule has 0 fully saturated rings. The van der Waals surface area contributed by atoms with Crippen molar-refractivity contribution in [1.82, 2.24) is 9.71 Å². The van der Waals surface area contributed by atoms with Crippen LogP contribution in [0.1, 0.15) is 5.56 Å². The summed E-state index contributed by atoms with van der Waals surface area (Å²) < 4.78 is 46.5. The minimum absolute atomic E-state index is 0.0857. The maximum Gasteiger partial charge on any atom is 0.240 e. The zero-order chi connectivity index (χ0) is 20.3. The van der Waals surface area contributed by atoms with E-state index >= 15 is 0 Å². The zero-order valence-electron chi connectivity index (χ0n) is 15.2. The number of ether oxygens (including phenoxy) is 1. The van der Waals surface area contributed by atoms with Crippen molar-refractivity contribution >= 4 is 20.8 Å². The summed E-state index contributed by atoms with van der Waals surface area (Å²) in [6.45, 7) is 0.0857. The largest absolute Gasteiger partial charge is 0.439 e. The highest BCUT2D eigenvalue weighted by atomic mass is 32.2. The minimum Gasteiger partial charge on any atom is -0.439 e. The number of hydrogen-bond donors (Lipinski definition) is 1. The van der Waals surface area contributed by atoms with Crippen molar-refractivity contribution < 1.29 is 17.5 Å². The number of sulfonamides is 1. The number of nitrogens with one attached hydrogen (secondary N) is 1. The van der Waals surface area contributed by atoms with E-state index in [-0.39, 0.29) is 17.3 Å². The fraction of sp³-hybridized carbons (Fsp3) is 0.0455. The molecule has 1 N–H and O–H groups in total. The number of pyridine rings is 1. The molecule has 0 unspecified atom stereocenters. The summed E-state index contributed by atoms with van der Waals surface area (Å²) in [5, 5.41) is 1.83. The van der Waals surface area contributed by atoms with Gasteiger partial charge >= 0.3 is 0 Å². The van der Waals surface area contributed by atoms with Crippen LogP contribution in [0.4, 0.5) is 4.39 Å². The summed E-state index contributed by atoms with van der Waals surface area (Å²) in [6, 6.07) is 21.6. The fourth-order valence-corrected chi connectivity index (χ4v) is 3.88. The van der Waals surface area contributed by atoms with Crippen LogP contribution in [-0.4, -0.2) is 13.4 Å². The predicted molar refractivity (Wildman–Crippen MR) is 109 cm³/mol. The fourth-order valence-electron chi connectivity index (χ4n) is 2.82. The average Bonchev–Trinajstić information content (AvgIpc) is 2.73. The number of benzene rings is 3. The Morgan fingerprint density at radius 1 is 0.897 bits per heavy atom. The molecule has 0 radical (unpaired) electrons. The first-order valence-electron chi connectivity index (χ1n) is 8.86. The number of nitrogens with zero attached hydrogens (tertiary/aromatic N) is 1. The van der Waals surface area contributed by atoms with Crippen LogP contribution < -0.4 is 9.46 Å². The van der Waals surface area contributed by atoms with Crippen LogP contribution in [0, 0.1) is 5.82 Å². The Morgan fingerprint density at radius 3 is 2.48 bits per heavy atom. The maximum atomic E-state index is 13.2. The molecule has 0 aliphatic rings. The van der Waals surface area contributed by atoms with Gasteiger partial charge in [-0.3, -0.25) is 0 Å². The van der Waals surface area contributed by atoms with Crippen LogP contribution in [0.25, 0.3) is 10.8 Å². The molecule has 4 rings (SSSR count). The molecule has 0 saturated heterocycles. The Balaban J connectivity index is 1.43. The molecule has 0 aliphatic carbocycles. The summed E-state index contributed by atoms with van der Waals surface area (Å²) in [6.07, 6.45) is 1.51. The van der Waals surface area contributed by atoms with E-state index in [4.69, 9.17) is 4.74 Å². The molecule has 0 amide bonds. The molecule has 0 spiro atoms. The molecule has 146 valence electrons. The maximum absolute atomic E-state index is 13.2. The third-order valence-corrected chi connectivity index (χ3v) is 5.71. The number of halogens is 1.